The van der Waals surface area contributed by atoms with Gasteiger partial charge in [-0.3, -0.25) is 0 Å². The summed E-state index contributed by atoms with van der Waals surface area (Å²) in [5.41, 5.74) is 1.34. The molecule has 94 valence electrons. The lowest BCUT2D eigenvalue weighted by Crippen LogP contribution is -1.93. The average Bonchev–Trinajstić information content (AvgIpc) is 2.38. The standard InChI is InChI=1S/C14H12ClFOS/c15-12-5-2-1-4-10(12)9-18-14-7-3-6-13(16)11(14)8-17/h1-7,17H,8-9H2. The first-order valence-corrected chi connectivity index (χ1v) is 6.83. The van der Waals surface area contributed by atoms with Gasteiger partial charge in [0.1, 0.15) is 5.82 Å². The van der Waals surface area contributed by atoms with Crippen LogP contribution in [0.4, 0.5) is 4.39 Å². The minimum absolute atomic E-state index is 0.294. The highest BCUT2D eigenvalue weighted by molar-refractivity contribution is 7.98. The van der Waals surface area contributed by atoms with Crippen LogP contribution in [0.25, 0.3) is 0 Å². The molecule has 2 rings (SSSR count). The first-order chi connectivity index (χ1) is 8.72. The predicted octanol–water partition coefficient (Wildman–Crippen LogP) is 4.26. The van der Waals surface area contributed by atoms with Crippen molar-refractivity contribution < 1.29 is 9.50 Å². The van der Waals surface area contributed by atoms with Gasteiger partial charge >= 0.3 is 0 Å². The molecule has 4 heteroatoms. The summed E-state index contributed by atoms with van der Waals surface area (Å²) in [6.45, 7) is -0.294. The maximum atomic E-state index is 13.5. The van der Waals surface area contributed by atoms with Gasteiger partial charge in [-0.15, -0.1) is 11.8 Å². The molecule has 0 bridgehead atoms. The molecule has 0 aliphatic rings. The Bertz CT molecular complexity index is 545. The number of hydrogen-bond donors (Lipinski definition) is 1. The van der Waals surface area contributed by atoms with E-state index in [-0.39, 0.29) is 12.4 Å². The van der Waals surface area contributed by atoms with Crippen LogP contribution in [0.15, 0.2) is 47.4 Å². The van der Waals surface area contributed by atoms with Crippen LogP contribution in [0.1, 0.15) is 11.1 Å². The molecule has 2 aromatic carbocycles. The summed E-state index contributed by atoms with van der Waals surface area (Å²) in [6.07, 6.45) is 0. The van der Waals surface area contributed by atoms with Gasteiger partial charge in [0, 0.05) is 21.2 Å². The number of aliphatic hydroxyl groups excluding tert-OH is 1. The Hall–Kier alpha value is -1.03. The lowest BCUT2D eigenvalue weighted by molar-refractivity contribution is 0.272. The van der Waals surface area contributed by atoms with E-state index in [2.05, 4.69) is 0 Å². The lowest BCUT2D eigenvalue weighted by atomic mass is 10.2. The van der Waals surface area contributed by atoms with Crippen LogP contribution in [-0.2, 0) is 12.4 Å². The zero-order valence-corrected chi connectivity index (χ0v) is 11.1. The molecule has 0 aliphatic carbocycles. The number of aliphatic hydroxyl groups is 1. The van der Waals surface area contributed by atoms with Crippen LogP contribution in [0, 0.1) is 5.82 Å². The Morgan fingerprint density at radius 3 is 2.61 bits per heavy atom. The van der Waals surface area contributed by atoms with Gasteiger partial charge in [0.25, 0.3) is 0 Å². The minimum Gasteiger partial charge on any atom is -0.392 e. The van der Waals surface area contributed by atoms with Gasteiger partial charge in [-0.2, -0.15) is 0 Å². The summed E-state index contributed by atoms with van der Waals surface area (Å²) >= 11 is 7.53. The zero-order valence-electron chi connectivity index (χ0n) is 9.57. The number of benzene rings is 2. The molecule has 2 aromatic rings. The molecule has 0 heterocycles. The number of rotatable bonds is 4. The highest BCUT2D eigenvalue weighted by atomic mass is 35.5. The molecule has 0 radical (unpaired) electrons. The molecule has 0 saturated heterocycles. The van der Waals surface area contributed by atoms with Crippen molar-refractivity contribution in [1.82, 2.24) is 0 Å². The van der Waals surface area contributed by atoms with E-state index in [9.17, 15) is 9.50 Å². The fourth-order valence-corrected chi connectivity index (χ4v) is 2.95. The van der Waals surface area contributed by atoms with Crippen molar-refractivity contribution in [2.45, 2.75) is 17.3 Å². The first kappa shape index (κ1) is 13.4. The SMILES string of the molecule is OCc1c(F)cccc1SCc1ccccc1Cl. The molecule has 0 aliphatic heterocycles. The summed E-state index contributed by atoms with van der Waals surface area (Å²) < 4.78 is 13.5. The largest absolute Gasteiger partial charge is 0.392 e. The Morgan fingerprint density at radius 2 is 1.89 bits per heavy atom. The van der Waals surface area contributed by atoms with Gasteiger partial charge in [0.05, 0.1) is 6.61 Å². The maximum Gasteiger partial charge on any atom is 0.129 e. The van der Waals surface area contributed by atoms with Crippen molar-refractivity contribution in [2.75, 3.05) is 0 Å². The summed E-state index contributed by atoms with van der Waals surface area (Å²) in [7, 11) is 0. The fourth-order valence-electron chi connectivity index (χ4n) is 1.60. The van der Waals surface area contributed by atoms with E-state index in [4.69, 9.17) is 11.6 Å². The topological polar surface area (TPSA) is 20.2 Å². The molecule has 0 aromatic heterocycles. The zero-order chi connectivity index (χ0) is 13.0. The summed E-state index contributed by atoms with van der Waals surface area (Å²) in [6, 6.07) is 12.4. The van der Waals surface area contributed by atoms with E-state index in [1.54, 1.807) is 12.1 Å². The maximum absolute atomic E-state index is 13.5. The van der Waals surface area contributed by atoms with Gasteiger partial charge in [0.15, 0.2) is 0 Å². The van der Waals surface area contributed by atoms with Crippen LogP contribution in [0.3, 0.4) is 0 Å². The molecular formula is C14H12ClFOS. The average molecular weight is 283 g/mol. The van der Waals surface area contributed by atoms with Crippen molar-refractivity contribution in [3.8, 4) is 0 Å². The third-order valence-electron chi connectivity index (χ3n) is 2.57. The molecule has 0 fully saturated rings. The van der Waals surface area contributed by atoms with Crippen molar-refractivity contribution in [3.05, 3.63) is 64.4 Å². The van der Waals surface area contributed by atoms with Crippen molar-refractivity contribution >= 4 is 23.4 Å². The number of hydrogen-bond acceptors (Lipinski definition) is 2. The van der Waals surface area contributed by atoms with Crippen molar-refractivity contribution in [3.63, 3.8) is 0 Å². The minimum atomic E-state index is -0.373. The van der Waals surface area contributed by atoms with E-state index in [1.165, 1.54) is 17.8 Å². The van der Waals surface area contributed by atoms with Crippen LogP contribution < -0.4 is 0 Å². The summed E-state index contributed by atoms with van der Waals surface area (Å²) in [5.74, 6) is 0.275. The third-order valence-corrected chi connectivity index (χ3v) is 4.09. The third kappa shape index (κ3) is 3.05. The summed E-state index contributed by atoms with van der Waals surface area (Å²) in [5, 5.41) is 9.87. The van der Waals surface area contributed by atoms with E-state index in [0.29, 0.717) is 16.3 Å². The van der Waals surface area contributed by atoms with E-state index >= 15 is 0 Å². The predicted molar refractivity (Wildman–Crippen MR) is 73.3 cm³/mol. The number of thioether (sulfide) groups is 1. The van der Waals surface area contributed by atoms with Crippen LogP contribution in [0.5, 0.6) is 0 Å². The van der Waals surface area contributed by atoms with Crippen LogP contribution in [-0.4, -0.2) is 5.11 Å². The van der Waals surface area contributed by atoms with Gasteiger partial charge in [-0.25, -0.2) is 4.39 Å². The molecule has 0 saturated carbocycles. The highest BCUT2D eigenvalue weighted by Gasteiger charge is 2.08. The molecule has 1 N–H and O–H groups in total. The summed E-state index contributed by atoms with van der Waals surface area (Å²) in [4.78, 5) is 0.748. The second-order valence-corrected chi connectivity index (χ2v) is 5.18. The van der Waals surface area contributed by atoms with Crippen molar-refractivity contribution in [2.24, 2.45) is 0 Å². The van der Waals surface area contributed by atoms with Gasteiger partial charge < -0.3 is 5.11 Å². The fraction of sp³-hybridized carbons (Fsp3) is 0.143. The molecule has 0 spiro atoms. The molecule has 18 heavy (non-hydrogen) atoms. The van der Waals surface area contributed by atoms with Crippen molar-refractivity contribution in [1.29, 1.82) is 0 Å². The van der Waals surface area contributed by atoms with E-state index in [0.717, 1.165) is 10.5 Å². The molecular weight excluding hydrogens is 271 g/mol. The second kappa shape index (κ2) is 6.23. The molecule has 0 unspecified atom stereocenters. The Balaban J connectivity index is 2.16. The van der Waals surface area contributed by atoms with Crippen LogP contribution in [0.2, 0.25) is 5.02 Å². The number of halogens is 2. The Labute approximate surface area is 115 Å². The second-order valence-electron chi connectivity index (χ2n) is 3.75. The van der Waals surface area contributed by atoms with Gasteiger partial charge in [-0.05, 0) is 23.8 Å². The highest BCUT2D eigenvalue weighted by Crippen LogP contribution is 2.30. The van der Waals surface area contributed by atoms with Gasteiger partial charge in [0.2, 0.25) is 0 Å². The van der Waals surface area contributed by atoms with Crippen LogP contribution >= 0.6 is 23.4 Å². The molecule has 0 atom stereocenters. The molecule has 0 amide bonds. The Kier molecular flexibility index (Phi) is 4.64. The smallest absolute Gasteiger partial charge is 0.129 e. The Morgan fingerprint density at radius 1 is 1.11 bits per heavy atom. The quantitative estimate of drug-likeness (QED) is 0.846. The van der Waals surface area contributed by atoms with Gasteiger partial charge in [-0.1, -0.05) is 35.9 Å². The first-order valence-electron chi connectivity index (χ1n) is 5.47. The monoisotopic (exact) mass is 282 g/mol. The normalized spacial score (nSPS) is 10.6. The molecule has 1 nitrogen and oxygen atoms in total. The van der Waals surface area contributed by atoms with E-state index < -0.39 is 0 Å². The lowest BCUT2D eigenvalue weighted by Gasteiger charge is -2.08. The van der Waals surface area contributed by atoms with E-state index in [1.807, 2.05) is 24.3 Å².